The zero-order chi connectivity index (χ0) is 9.68. The molecule has 0 aliphatic rings. The monoisotopic (exact) mass is 191 g/mol. The quantitative estimate of drug-likeness (QED) is 0.731. The smallest absolute Gasteiger partial charge is 0.140 e. The number of aromatic nitrogens is 1. The van der Waals surface area contributed by atoms with E-state index in [0.29, 0.717) is 6.54 Å². The summed E-state index contributed by atoms with van der Waals surface area (Å²) in [6.07, 6.45) is 5.08. The summed E-state index contributed by atoms with van der Waals surface area (Å²) < 4.78 is 0. The van der Waals surface area contributed by atoms with E-state index in [1.54, 1.807) is 0 Å². The number of nitriles is 1. The fraction of sp³-hybridized carbons (Fsp3) is 0.333. The van der Waals surface area contributed by atoms with Crippen LogP contribution in [0.2, 0.25) is 0 Å². The Balaban J connectivity index is 2.69. The maximum absolute atomic E-state index is 8.80. The van der Waals surface area contributed by atoms with E-state index in [1.165, 1.54) is 11.3 Å². The number of nitrogens with one attached hydrogen (secondary N) is 1. The molecule has 1 heterocycles. The number of terminal acetylenes is 1. The van der Waals surface area contributed by atoms with E-state index in [9.17, 15) is 0 Å². The predicted octanol–water partition coefficient (Wildman–Crippen LogP) is 1.24. The number of rotatable bonds is 3. The molecule has 0 radical (unpaired) electrons. The Hall–Kier alpha value is -1.36. The summed E-state index contributed by atoms with van der Waals surface area (Å²) in [4.78, 5) is 4.20. The van der Waals surface area contributed by atoms with Crippen LogP contribution in [0.25, 0.3) is 0 Å². The summed E-state index contributed by atoms with van der Waals surface area (Å²) in [5.74, 6) is 2.42. The van der Waals surface area contributed by atoms with Crippen molar-refractivity contribution in [1.29, 1.82) is 5.26 Å². The molecule has 1 atom stereocenters. The third kappa shape index (κ3) is 2.55. The second-order valence-electron chi connectivity index (χ2n) is 2.44. The van der Waals surface area contributed by atoms with Gasteiger partial charge in [-0.3, -0.25) is 5.32 Å². The third-order valence-corrected chi connectivity index (χ3v) is 2.26. The molecule has 0 aliphatic carbocycles. The lowest BCUT2D eigenvalue weighted by molar-refractivity contribution is 0.675. The van der Waals surface area contributed by atoms with E-state index >= 15 is 0 Å². The van der Waals surface area contributed by atoms with Crippen molar-refractivity contribution in [2.24, 2.45) is 0 Å². The minimum absolute atomic E-state index is 0.384. The van der Waals surface area contributed by atoms with Gasteiger partial charge in [-0.05, 0) is 6.92 Å². The molecule has 0 aliphatic heterocycles. The molecule has 0 saturated heterocycles. The summed E-state index contributed by atoms with van der Waals surface area (Å²) in [5, 5.41) is 14.5. The van der Waals surface area contributed by atoms with Crippen LogP contribution in [0.15, 0.2) is 5.38 Å². The molecule has 3 nitrogen and oxygen atoms in total. The van der Waals surface area contributed by atoms with Gasteiger partial charge in [-0.15, -0.1) is 17.8 Å². The molecule has 1 unspecified atom stereocenters. The van der Waals surface area contributed by atoms with E-state index in [2.05, 4.69) is 22.3 Å². The second-order valence-corrected chi connectivity index (χ2v) is 3.50. The van der Waals surface area contributed by atoms with Gasteiger partial charge < -0.3 is 0 Å². The maximum atomic E-state index is 8.80. The zero-order valence-electron chi connectivity index (χ0n) is 7.24. The van der Waals surface area contributed by atoms with Gasteiger partial charge in [0, 0.05) is 5.38 Å². The van der Waals surface area contributed by atoms with Crippen molar-refractivity contribution in [3.63, 3.8) is 0 Å². The van der Waals surface area contributed by atoms with Crippen LogP contribution in [0.4, 0.5) is 0 Å². The van der Waals surface area contributed by atoms with Gasteiger partial charge in [-0.1, -0.05) is 5.92 Å². The van der Waals surface area contributed by atoms with Gasteiger partial charge in [0.2, 0.25) is 0 Å². The molecule has 1 rings (SSSR count). The highest BCUT2D eigenvalue weighted by molar-refractivity contribution is 7.09. The lowest BCUT2D eigenvalue weighted by atomic mass is 10.2. The van der Waals surface area contributed by atoms with Gasteiger partial charge in [-0.25, -0.2) is 4.98 Å². The lowest BCUT2D eigenvalue weighted by Gasteiger charge is -2.04. The minimum Gasteiger partial charge on any atom is -0.286 e. The lowest BCUT2D eigenvalue weighted by Crippen LogP contribution is -2.20. The predicted molar refractivity (Wildman–Crippen MR) is 52.0 cm³/mol. The first kappa shape index (κ1) is 9.73. The van der Waals surface area contributed by atoms with Crippen LogP contribution in [0.5, 0.6) is 0 Å². The highest BCUT2D eigenvalue weighted by atomic mass is 32.1. The van der Waals surface area contributed by atoms with Crippen molar-refractivity contribution in [2.75, 3.05) is 6.54 Å². The van der Waals surface area contributed by atoms with Gasteiger partial charge in [0.15, 0.2) is 0 Å². The molecule has 0 saturated carbocycles. The largest absolute Gasteiger partial charge is 0.286 e. The molecule has 1 aromatic heterocycles. The number of nitrogens with zero attached hydrogens (tertiary/aromatic N) is 2. The Kier molecular flexibility index (Phi) is 3.45. The van der Waals surface area contributed by atoms with E-state index in [4.69, 9.17) is 11.7 Å². The van der Waals surface area contributed by atoms with Crippen LogP contribution in [0, 0.1) is 30.6 Å². The first-order valence-corrected chi connectivity index (χ1v) is 4.64. The highest BCUT2D eigenvalue weighted by Crippen LogP contribution is 2.14. The second kappa shape index (κ2) is 4.61. The number of aryl methyl sites for hydroxylation is 1. The first-order valence-electron chi connectivity index (χ1n) is 3.76. The molecular formula is C9H9N3S. The number of thiazole rings is 1. The third-order valence-electron chi connectivity index (χ3n) is 1.47. The Morgan fingerprint density at radius 3 is 3.08 bits per heavy atom. The van der Waals surface area contributed by atoms with Crippen molar-refractivity contribution in [1.82, 2.24) is 10.3 Å². The summed E-state index contributed by atoms with van der Waals surface area (Å²) in [5.41, 5.74) is 0.750. The SMILES string of the molecule is C#CCNC(C#N)c1csc(C)n1. The molecule has 66 valence electrons. The van der Waals surface area contributed by atoms with Crippen molar-refractivity contribution in [2.45, 2.75) is 13.0 Å². The highest BCUT2D eigenvalue weighted by Gasteiger charge is 2.11. The van der Waals surface area contributed by atoms with Crippen molar-refractivity contribution >= 4 is 11.3 Å². The Morgan fingerprint density at radius 2 is 2.62 bits per heavy atom. The van der Waals surface area contributed by atoms with E-state index in [-0.39, 0.29) is 6.04 Å². The zero-order valence-corrected chi connectivity index (χ0v) is 8.06. The van der Waals surface area contributed by atoms with Crippen LogP contribution in [-0.4, -0.2) is 11.5 Å². The van der Waals surface area contributed by atoms with Crippen molar-refractivity contribution in [3.05, 3.63) is 16.1 Å². The van der Waals surface area contributed by atoms with E-state index in [0.717, 1.165) is 10.7 Å². The van der Waals surface area contributed by atoms with Crippen LogP contribution >= 0.6 is 11.3 Å². The van der Waals surface area contributed by atoms with Crippen LogP contribution in [-0.2, 0) is 0 Å². The molecule has 0 fully saturated rings. The molecular weight excluding hydrogens is 182 g/mol. The van der Waals surface area contributed by atoms with Gasteiger partial charge in [0.25, 0.3) is 0 Å². The fourth-order valence-corrected chi connectivity index (χ4v) is 1.53. The first-order chi connectivity index (χ1) is 6.27. The number of hydrogen-bond donors (Lipinski definition) is 1. The van der Waals surface area contributed by atoms with E-state index in [1.807, 2.05) is 12.3 Å². The molecule has 13 heavy (non-hydrogen) atoms. The van der Waals surface area contributed by atoms with Crippen LogP contribution in [0.3, 0.4) is 0 Å². The average Bonchev–Trinajstić information content (AvgIpc) is 2.54. The summed E-state index contributed by atoms with van der Waals surface area (Å²) in [6.45, 7) is 2.29. The van der Waals surface area contributed by atoms with Crippen molar-refractivity contribution < 1.29 is 0 Å². The van der Waals surface area contributed by atoms with Gasteiger partial charge >= 0.3 is 0 Å². The molecule has 0 bridgehead atoms. The van der Waals surface area contributed by atoms with Gasteiger partial charge in [-0.2, -0.15) is 5.26 Å². The summed E-state index contributed by atoms with van der Waals surface area (Å²) in [7, 11) is 0. The Bertz CT molecular complexity index is 356. The normalized spacial score (nSPS) is 11.6. The summed E-state index contributed by atoms with van der Waals surface area (Å²) >= 11 is 1.53. The average molecular weight is 191 g/mol. The van der Waals surface area contributed by atoms with Crippen LogP contribution < -0.4 is 5.32 Å². The molecule has 0 amide bonds. The van der Waals surface area contributed by atoms with Crippen LogP contribution in [0.1, 0.15) is 16.7 Å². The molecule has 1 aromatic rings. The van der Waals surface area contributed by atoms with Gasteiger partial charge in [0.1, 0.15) is 6.04 Å². The number of hydrogen-bond acceptors (Lipinski definition) is 4. The summed E-state index contributed by atoms with van der Waals surface area (Å²) in [6, 6.07) is 1.72. The molecule has 1 N–H and O–H groups in total. The van der Waals surface area contributed by atoms with Crippen molar-refractivity contribution in [3.8, 4) is 18.4 Å². The van der Waals surface area contributed by atoms with E-state index < -0.39 is 0 Å². The minimum atomic E-state index is -0.388. The molecule has 0 aromatic carbocycles. The Labute approximate surface area is 81.4 Å². The Morgan fingerprint density at radius 1 is 1.85 bits per heavy atom. The topological polar surface area (TPSA) is 48.7 Å². The fourth-order valence-electron chi connectivity index (χ4n) is 0.890. The standard InChI is InChI=1S/C9H9N3S/c1-3-4-11-8(5-10)9-6-13-7(2)12-9/h1,6,8,11H,4H2,2H3. The maximum Gasteiger partial charge on any atom is 0.140 e. The van der Waals surface area contributed by atoms with Gasteiger partial charge in [0.05, 0.1) is 23.3 Å². The molecule has 4 heteroatoms. The molecule has 0 spiro atoms.